The Hall–Kier alpha value is -1.15. The van der Waals surface area contributed by atoms with E-state index < -0.39 is 33.2 Å². The number of carbonyl (C=O) groups is 2. The van der Waals surface area contributed by atoms with E-state index in [9.17, 15) is 18.0 Å². The van der Waals surface area contributed by atoms with Crippen molar-refractivity contribution in [1.82, 2.24) is 9.21 Å². The molecule has 1 heterocycles. The van der Waals surface area contributed by atoms with Crippen molar-refractivity contribution in [3.63, 3.8) is 0 Å². The Labute approximate surface area is 118 Å². The Morgan fingerprint density at radius 2 is 1.60 bits per heavy atom. The van der Waals surface area contributed by atoms with Gasteiger partial charge in [0.15, 0.2) is 0 Å². The molecule has 1 saturated carbocycles. The van der Waals surface area contributed by atoms with Gasteiger partial charge >= 0.3 is 5.97 Å². The van der Waals surface area contributed by atoms with Gasteiger partial charge in [-0.2, -0.15) is 4.31 Å². The van der Waals surface area contributed by atoms with Crippen molar-refractivity contribution in [2.24, 2.45) is 17.3 Å². The number of carboxylic acid groups (broad SMARTS) is 1. The van der Waals surface area contributed by atoms with Crippen molar-refractivity contribution in [2.45, 2.75) is 13.8 Å². The number of piperazine rings is 1. The van der Waals surface area contributed by atoms with E-state index in [1.165, 1.54) is 4.31 Å². The predicted molar refractivity (Wildman–Crippen MR) is 71.4 cm³/mol. The van der Waals surface area contributed by atoms with Crippen LogP contribution in [0.5, 0.6) is 0 Å². The fraction of sp³-hybridized carbons (Fsp3) is 0.833. The second kappa shape index (κ2) is 4.70. The summed E-state index contributed by atoms with van der Waals surface area (Å²) in [4.78, 5) is 25.0. The fourth-order valence-corrected chi connectivity index (χ4v) is 3.82. The van der Waals surface area contributed by atoms with E-state index in [0.717, 1.165) is 6.26 Å². The fourth-order valence-electron chi connectivity index (χ4n) is 3.00. The van der Waals surface area contributed by atoms with Crippen molar-refractivity contribution < 1.29 is 23.1 Å². The molecule has 1 amide bonds. The Morgan fingerprint density at radius 3 is 1.95 bits per heavy atom. The van der Waals surface area contributed by atoms with E-state index in [1.807, 2.05) is 0 Å². The third-order valence-corrected chi connectivity index (χ3v) is 5.68. The first-order valence-corrected chi connectivity index (χ1v) is 8.38. The first-order valence-electron chi connectivity index (χ1n) is 6.53. The molecule has 1 aliphatic carbocycles. The van der Waals surface area contributed by atoms with Gasteiger partial charge in [-0.05, 0) is 5.41 Å². The van der Waals surface area contributed by atoms with Gasteiger partial charge < -0.3 is 10.0 Å². The van der Waals surface area contributed by atoms with Gasteiger partial charge in [0.2, 0.25) is 15.9 Å². The van der Waals surface area contributed by atoms with Crippen LogP contribution in [0.2, 0.25) is 0 Å². The average molecular weight is 304 g/mol. The first-order chi connectivity index (χ1) is 9.06. The zero-order valence-corrected chi connectivity index (χ0v) is 12.7. The lowest BCUT2D eigenvalue weighted by atomic mass is 10.1. The monoisotopic (exact) mass is 304 g/mol. The minimum atomic E-state index is -3.23. The number of aliphatic carboxylic acids is 1. The number of rotatable bonds is 3. The molecule has 1 N–H and O–H groups in total. The number of nitrogens with zero attached hydrogens (tertiary/aromatic N) is 2. The summed E-state index contributed by atoms with van der Waals surface area (Å²) in [5.74, 6) is -2.24. The van der Waals surface area contributed by atoms with Gasteiger partial charge in [0.05, 0.1) is 18.1 Å². The van der Waals surface area contributed by atoms with Gasteiger partial charge in [-0.3, -0.25) is 9.59 Å². The van der Waals surface area contributed by atoms with Crippen LogP contribution in [0.3, 0.4) is 0 Å². The highest BCUT2D eigenvalue weighted by molar-refractivity contribution is 7.88. The van der Waals surface area contributed by atoms with Gasteiger partial charge in [0.1, 0.15) is 0 Å². The summed E-state index contributed by atoms with van der Waals surface area (Å²) in [6.45, 7) is 4.75. The molecule has 0 unspecified atom stereocenters. The first kappa shape index (κ1) is 15.2. The molecule has 2 rings (SSSR count). The van der Waals surface area contributed by atoms with Crippen LogP contribution in [0.4, 0.5) is 0 Å². The molecule has 2 fully saturated rings. The standard InChI is InChI=1S/C12H20N2O5S/c1-12(2)8(9(12)11(16)17)10(15)13-4-6-14(7-5-13)20(3,18)19/h8-9H,4-7H2,1-3H3,(H,16,17)/t8-,9+/m1/s1. The van der Waals surface area contributed by atoms with Gasteiger partial charge in [-0.15, -0.1) is 0 Å². The van der Waals surface area contributed by atoms with Crippen LogP contribution in [-0.4, -0.2) is 67.0 Å². The third-order valence-electron chi connectivity index (χ3n) is 4.38. The van der Waals surface area contributed by atoms with Crippen molar-refractivity contribution in [2.75, 3.05) is 32.4 Å². The van der Waals surface area contributed by atoms with Gasteiger partial charge in [0.25, 0.3) is 0 Å². The SMILES string of the molecule is CC1(C)[C@H](C(=O)O)[C@@H]1C(=O)N1CCN(S(C)(=O)=O)CC1. The molecule has 114 valence electrons. The lowest BCUT2D eigenvalue weighted by Crippen LogP contribution is -2.51. The summed E-state index contributed by atoms with van der Waals surface area (Å²) in [5, 5.41) is 9.10. The van der Waals surface area contributed by atoms with Crippen LogP contribution in [0, 0.1) is 17.3 Å². The topological polar surface area (TPSA) is 95.0 Å². The number of carboxylic acids is 1. The van der Waals surface area contributed by atoms with Crippen LogP contribution in [0.1, 0.15) is 13.8 Å². The summed E-state index contributed by atoms with van der Waals surface area (Å²) >= 11 is 0. The molecule has 2 atom stereocenters. The Bertz CT molecular complexity index is 534. The Balaban J connectivity index is 1.99. The Kier molecular flexibility index (Phi) is 3.58. The maximum atomic E-state index is 12.3. The highest BCUT2D eigenvalue weighted by atomic mass is 32.2. The van der Waals surface area contributed by atoms with E-state index in [-0.39, 0.29) is 19.0 Å². The quantitative estimate of drug-likeness (QED) is 0.754. The van der Waals surface area contributed by atoms with Crippen LogP contribution in [0.15, 0.2) is 0 Å². The minimum absolute atomic E-state index is 0.171. The van der Waals surface area contributed by atoms with E-state index in [1.54, 1.807) is 18.7 Å². The minimum Gasteiger partial charge on any atom is -0.481 e. The van der Waals surface area contributed by atoms with Crippen molar-refractivity contribution in [3.05, 3.63) is 0 Å². The van der Waals surface area contributed by atoms with Crippen LogP contribution in [-0.2, 0) is 19.6 Å². The van der Waals surface area contributed by atoms with Crippen molar-refractivity contribution in [3.8, 4) is 0 Å². The molecule has 1 aliphatic heterocycles. The number of hydrogen-bond acceptors (Lipinski definition) is 4. The van der Waals surface area contributed by atoms with E-state index in [2.05, 4.69) is 0 Å². The molecule has 0 bridgehead atoms. The second-order valence-electron chi connectivity index (χ2n) is 6.10. The van der Waals surface area contributed by atoms with Crippen molar-refractivity contribution in [1.29, 1.82) is 0 Å². The molecule has 7 nitrogen and oxygen atoms in total. The van der Waals surface area contributed by atoms with E-state index >= 15 is 0 Å². The van der Waals surface area contributed by atoms with Crippen LogP contribution < -0.4 is 0 Å². The van der Waals surface area contributed by atoms with Crippen LogP contribution >= 0.6 is 0 Å². The maximum absolute atomic E-state index is 12.3. The molecule has 0 aromatic heterocycles. The Morgan fingerprint density at radius 1 is 1.10 bits per heavy atom. The number of sulfonamides is 1. The highest BCUT2D eigenvalue weighted by Crippen LogP contribution is 2.59. The number of carbonyl (C=O) groups excluding carboxylic acids is 1. The van der Waals surface area contributed by atoms with Crippen LogP contribution in [0.25, 0.3) is 0 Å². The molecule has 0 aromatic rings. The lowest BCUT2D eigenvalue weighted by molar-refractivity contribution is -0.142. The zero-order chi connectivity index (χ0) is 15.3. The molecule has 0 radical (unpaired) electrons. The summed E-state index contributed by atoms with van der Waals surface area (Å²) in [7, 11) is -3.23. The molecule has 8 heteroatoms. The summed E-state index contributed by atoms with van der Waals surface area (Å²) in [6.07, 6.45) is 1.15. The average Bonchev–Trinajstić information content (AvgIpc) is 2.90. The summed E-state index contributed by atoms with van der Waals surface area (Å²) in [6, 6.07) is 0. The normalized spacial score (nSPS) is 30.1. The van der Waals surface area contributed by atoms with Gasteiger partial charge in [-0.25, -0.2) is 8.42 Å². The molecule has 1 saturated heterocycles. The second-order valence-corrected chi connectivity index (χ2v) is 8.08. The smallest absolute Gasteiger partial charge is 0.307 e. The molecule has 0 aromatic carbocycles. The predicted octanol–water partition coefficient (Wildman–Crippen LogP) is -0.553. The highest BCUT2D eigenvalue weighted by Gasteiger charge is 2.66. The molecule has 0 spiro atoms. The van der Waals surface area contributed by atoms with Gasteiger partial charge in [0, 0.05) is 26.2 Å². The number of amides is 1. The lowest BCUT2D eigenvalue weighted by Gasteiger charge is -2.33. The third kappa shape index (κ3) is 2.54. The van der Waals surface area contributed by atoms with Gasteiger partial charge in [-0.1, -0.05) is 13.8 Å². The summed E-state index contributed by atoms with van der Waals surface area (Å²) in [5.41, 5.74) is -0.517. The molecule has 20 heavy (non-hydrogen) atoms. The van der Waals surface area contributed by atoms with E-state index in [4.69, 9.17) is 5.11 Å². The molecule has 2 aliphatic rings. The zero-order valence-electron chi connectivity index (χ0n) is 11.9. The summed E-state index contributed by atoms with van der Waals surface area (Å²) < 4.78 is 24.1. The molecular weight excluding hydrogens is 284 g/mol. The van der Waals surface area contributed by atoms with Crippen molar-refractivity contribution >= 4 is 21.9 Å². The largest absolute Gasteiger partial charge is 0.481 e. The number of hydrogen-bond donors (Lipinski definition) is 1. The maximum Gasteiger partial charge on any atom is 0.307 e. The molecular formula is C12H20N2O5S. The van der Waals surface area contributed by atoms with E-state index in [0.29, 0.717) is 13.1 Å².